The van der Waals surface area contributed by atoms with Gasteiger partial charge in [-0.05, 0) is 48.5 Å². The molecule has 2 N–H and O–H groups in total. The van der Waals surface area contributed by atoms with Crippen LogP contribution in [0.4, 0.5) is 4.39 Å². The van der Waals surface area contributed by atoms with Crippen molar-refractivity contribution in [3.05, 3.63) is 95.6 Å². The van der Waals surface area contributed by atoms with Gasteiger partial charge in [0, 0.05) is 22.9 Å². The second kappa shape index (κ2) is 6.89. The molecule has 0 saturated carbocycles. The van der Waals surface area contributed by atoms with E-state index in [1.54, 1.807) is 36.7 Å². The lowest BCUT2D eigenvalue weighted by atomic mass is 10.0. The smallest absolute Gasteiger partial charge is 0.137 e. The topological polar surface area (TPSA) is 88.8 Å². The number of hydrogen-bond donors (Lipinski definition) is 2. The first-order valence-electron chi connectivity index (χ1n) is 8.48. The van der Waals surface area contributed by atoms with E-state index in [1.807, 2.05) is 16.5 Å². The fourth-order valence-corrected chi connectivity index (χ4v) is 3.00. The Morgan fingerprint density at radius 3 is 2.43 bits per heavy atom. The lowest BCUT2D eigenvalue weighted by Gasteiger charge is -2.09. The van der Waals surface area contributed by atoms with Crippen molar-refractivity contribution < 1.29 is 4.39 Å². The summed E-state index contributed by atoms with van der Waals surface area (Å²) in [5.74, 6) is -0.382. The molecule has 0 fully saturated rings. The van der Waals surface area contributed by atoms with Gasteiger partial charge in [-0.3, -0.25) is 15.2 Å². The van der Waals surface area contributed by atoms with Crippen molar-refractivity contribution in [3.63, 3.8) is 0 Å². The van der Waals surface area contributed by atoms with Crippen molar-refractivity contribution in [1.29, 1.82) is 16.1 Å². The molecule has 0 atom stereocenters. The number of pyridine rings is 1. The minimum atomic E-state index is -0.382. The zero-order valence-electron chi connectivity index (χ0n) is 14.6. The van der Waals surface area contributed by atoms with Gasteiger partial charge in [0.25, 0.3) is 0 Å². The van der Waals surface area contributed by atoms with Crippen LogP contribution in [0.5, 0.6) is 0 Å². The van der Waals surface area contributed by atoms with Gasteiger partial charge in [-0.2, -0.15) is 5.26 Å². The number of aromatic nitrogens is 2. The molecule has 0 radical (unpaired) electrons. The highest BCUT2D eigenvalue weighted by atomic mass is 19.1. The Kier molecular flexibility index (Phi) is 4.26. The van der Waals surface area contributed by atoms with E-state index in [4.69, 9.17) is 16.1 Å². The maximum absolute atomic E-state index is 13.1. The molecule has 0 aliphatic heterocycles. The van der Waals surface area contributed by atoms with E-state index < -0.39 is 0 Å². The van der Waals surface area contributed by atoms with Crippen LogP contribution in [-0.2, 0) is 0 Å². The quantitative estimate of drug-likeness (QED) is 0.522. The van der Waals surface area contributed by atoms with Gasteiger partial charge in [0.1, 0.15) is 11.5 Å². The molecule has 6 heteroatoms. The van der Waals surface area contributed by atoms with E-state index in [0.29, 0.717) is 22.3 Å². The van der Waals surface area contributed by atoms with Gasteiger partial charge in [0.15, 0.2) is 0 Å². The number of fused-ring (bicyclic) bond motifs is 1. The third-order valence-electron chi connectivity index (χ3n) is 4.46. The Balaban J connectivity index is 1.75. The number of halogens is 1. The Hall–Kier alpha value is -4.11. The summed E-state index contributed by atoms with van der Waals surface area (Å²) >= 11 is 0. The first kappa shape index (κ1) is 17.3. The predicted octanol–water partition coefficient (Wildman–Crippen LogP) is 4.45. The second-order valence-corrected chi connectivity index (χ2v) is 6.24. The predicted molar refractivity (Wildman–Crippen MR) is 105 cm³/mol. The Morgan fingerprint density at radius 1 is 0.964 bits per heavy atom. The average Bonchev–Trinajstić information content (AvgIpc) is 3.16. The average molecular weight is 367 g/mol. The standard InChI is InChI=1S/C22H14FN5/c23-18-7-4-15(5-8-18)21(25)22(26)17-6-9-20-27-12-19(28(20)13-17)16-3-1-2-14(10-16)11-24/h1-10,12-13,25-26H. The summed E-state index contributed by atoms with van der Waals surface area (Å²) in [4.78, 5) is 4.38. The summed E-state index contributed by atoms with van der Waals surface area (Å²) < 4.78 is 14.9. The molecule has 5 nitrogen and oxygen atoms in total. The number of hydrogen-bond acceptors (Lipinski definition) is 4. The summed E-state index contributed by atoms with van der Waals surface area (Å²) in [6.07, 6.45) is 3.46. The number of imidazole rings is 1. The lowest BCUT2D eigenvalue weighted by molar-refractivity contribution is 0.628. The zero-order chi connectivity index (χ0) is 19.7. The fourth-order valence-electron chi connectivity index (χ4n) is 3.00. The maximum Gasteiger partial charge on any atom is 0.137 e. The Labute approximate surface area is 160 Å². The summed E-state index contributed by atoms with van der Waals surface area (Å²) in [5.41, 5.74) is 3.92. The van der Waals surface area contributed by atoms with Gasteiger partial charge in [-0.25, -0.2) is 9.37 Å². The highest BCUT2D eigenvalue weighted by Gasteiger charge is 2.13. The minimum absolute atomic E-state index is 0.00694. The van der Waals surface area contributed by atoms with E-state index >= 15 is 0 Å². The van der Waals surface area contributed by atoms with E-state index in [9.17, 15) is 4.39 Å². The van der Waals surface area contributed by atoms with Crippen LogP contribution < -0.4 is 0 Å². The van der Waals surface area contributed by atoms with Gasteiger partial charge < -0.3 is 0 Å². The zero-order valence-corrected chi connectivity index (χ0v) is 14.6. The fraction of sp³-hybridized carbons (Fsp3) is 0. The van der Waals surface area contributed by atoms with Gasteiger partial charge in [0.05, 0.1) is 34.9 Å². The Bertz CT molecular complexity index is 1260. The molecule has 0 aliphatic rings. The van der Waals surface area contributed by atoms with Crippen LogP contribution >= 0.6 is 0 Å². The first-order chi connectivity index (χ1) is 13.6. The number of nitrogens with zero attached hydrogens (tertiary/aromatic N) is 3. The minimum Gasteiger partial charge on any atom is -0.299 e. The van der Waals surface area contributed by atoms with Crippen molar-refractivity contribution in [3.8, 4) is 17.3 Å². The third-order valence-corrected chi connectivity index (χ3v) is 4.46. The van der Waals surface area contributed by atoms with Crippen LogP contribution in [0.15, 0.2) is 73.1 Å². The Morgan fingerprint density at radius 2 is 1.68 bits per heavy atom. The number of rotatable bonds is 4. The molecule has 2 aromatic heterocycles. The summed E-state index contributed by atoms with van der Waals surface area (Å²) in [7, 11) is 0. The van der Waals surface area contributed by atoms with E-state index in [2.05, 4.69) is 11.1 Å². The summed E-state index contributed by atoms with van der Waals surface area (Å²) in [5, 5.41) is 25.8. The molecule has 2 heterocycles. The van der Waals surface area contributed by atoms with Crippen LogP contribution in [-0.4, -0.2) is 20.8 Å². The van der Waals surface area contributed by atoms with Gasteiger partial charge in [0.2, 0.25) is 0 Å². The van der Waals surface area contributed by atoms with Gasteiger partial charge in [-0.1, -0.05) is 12.1 Å². The van der Waals surface area contributed by atoms with Crippen molar-refractivity contribution >= 4 is 17.1 Å². The van der Waals surface area contributed by atoms with Crippen LogP contribution in [0.2, 0.25) is 0 Å². The molecule has 0 unspecified atom stereocenters. The van der Waals surface area contributed by atoms with E-state index in [-0.39, 0.29) is 17.2 Å². The molecule has 0 amide bonds. The van der Waals surface area contributed by atoms with Crippen LogP contribution in [0.25, 0.3) is 16.9 Å². The second-order valence-electron chi connectivity index (χ2n) is 6.24. The molecule has 0 bridgehead atoms. The lowest BCUT2D eigenvalue weighted by Crippen LogP contribution is -2.15. The normalized spacial score (nSPS) is 10.6. The van der Waals surface area contributed by atoms with Crippen molar-refractivity contribution in [2.24, 2.45) is 0 Å². The van der Waals surface area contributed by atoms with Crippen molar-refractivity contribution in [1.82, 2.24) is 9.38 Å². The molecular formula is C22H14FN5. The highest BCUT2D eigenvalue weighted by Crippen LogP contribution is 2.23. The number of benzene rings is 2. The highest BCUT2D eigenvalue weighted by molar-refractivity contribution is 6.51. The van der Waals surface area contributed by atoms with E-state index in [0.717, 1.165) is 11.3 Å². The molecule has 4 aromatic rings. The van der Waals surface area contributed by atoms with Crippen LogP contribution in [0, 0.1) is 28.0 Å². The number of nitrogens with one attached hydrogen (secondary N) is 2. The van der Waals surface area contributed by atoms with Crippen LogP contribution in [0.3, 0.4) is 0 Å². The molecular weight excluding hydrogens is 353 g/mol. The molecule has 28 heavy (non-hydrogen) atoms. The number of nitriles is 1. The van der Waals surface area contributed by atoms with Gasteiger partial charge >= 0.3 is 0 Å². The molecule has 134 valence electrons. The molecule has 4 rings (SSSR count). The molecule has 0 aliphatic carbocycles. The summed E-state index contributed by atoms with van der Waals surface area (Å²) in [6.45, 7) is 0. The monoisotopic (exact) mass is 367 g/mol. The molecule has 0 saturated heterocycles. The third kappa shape index (κ3) is 3.06. The first-order valence-corrected chi connectivity index (χ1v) is 8.48. The maximum atomic E-state index is 13.1. The van der Waals surface area contributed by atoms with Crippen molar-refractivity contribution in [2.75, 3.05) is 0 Å². The van der Waals surface area contributed by atoms with E-state index in [1.165, 1.54) is 24.3 Å². The summed E-state index contributed by atoms with van der Waals surface area (Å²) in [6, 6.07) is 18.4. The SMILES string of the molecule is N#Cc1cccc(-c2cnc3ccc(C(=N)C(=N)c4ccc(F)cc4)cn23)c1. The molecule has 0 spiro atoms. The molecule has 2 aromatic carbocycles. The van der Waals surface area contributed by atoms with Crippen molar-refractivity contribution in [2.45, 2.75) is 0 Å². The largest absolute Gasteiger partial charge is 0.299 e. The van der Waals surface area contributed by atoms with Gasteiger partial charge in [-0.15, -0.1) is 0 Å². The van der Waals surface area contributed by atoms with Crippen LogP contribution in [0.1, 0.15) is 16.7 Å².